The molecule has 2 heterocycles. The van der Waals surface area contributed by atoms with Crippen molar-refractivity contribution < 1.29 is 4.79 Å². The number of pyridine rings is 1. The molecule has 0 aliphatic carbocycles. The normalized spacial score (nSPS) is 21.7. The van der Waals surface area contributed by atoms with Gasteiger partial charge >= 0.3 is 0 Å². The highest BCUT2D eigenvalue weighted by atomic mass is 79.9. The van der Waals surface area contributed by atoms with Gasteiger partial charge in [-0.15, -0.1) is 11.6 Å². The number of hydrogen-bond donors (Lipinski definition) is 0. The summed E-state index contributed by atoms with van der Waals surface area (Å²) in [7, 11) is 0. The quantitative estimate of drug-likeness (QED) is 0.581. The van der Waals surface area contributed by atoms with Gasteiger partial charge in [-0.1, -0.05) is 0 Å². The van der Waals surface area contributed by atoms with E-state index in [2.05, 4.69) is 20.9 Å². The van der Waals surface area contributed by atoms with Gasteiger partial charge in [0.25, 0.3) is 0 Å². The lowest BCUT2D eigenvalue weighted by Gasteiger charge is -2.14. The first-order valence-electron chi connectivity index (χ1n) is 4.23. The molecule has 1 saturated heterocycles. The molecule has 14 heavy (non-hydrogen) atoms. The van der Waals surface area contributed by atoms with Gasteiger partial charge in [0.15, 0.2) is 0 Å². The SMILES string of the molecule is O=C1CC(Cl)CN1c1ccc(Br)nc1. The Morgan fingerprint density at radius 2 is 2.36 bits per heavy atom. The molecule has 1 amide bonds. The monoisotopic (exact) mass is 274 g/mol. The van der Waals surface area contributed by atoms with Crippen molar-refractivity contribution in [3.05, 3.63) is 22.9 Å². The van der Waals surface area contributed by atoms with Crippen LogP contribution in [0.2, 0.25) is 0 Å². The molecule has 5 heteroatoms. The fraction of sp³-hybridized carbons (Fsp3) is 0.333. The number of hydrogen-bond acceptors (Lipinski definition) is 2. The van der Waals surface area contributed by atoms with E-state index in [9.17, 15) is 4.79 Å². The molecule has 1 fully saturated rings. The maximum atomic E-state index is 11.5. The highest BCUT2D eigenvalue weighted by Gasteiger charge is 2.29. The highest BCUT2D eigenvalue weighted by molar-refractivity contribution is 9.10. The molecule has 0 radical (unpaired) electrons. The largest absolute Gasteiger partial charge is 0.309 e. The minimum absolute atomic E-state index is 0.0640. The first kappa shape index (κ1) is 9.93. The Balaban J connectivity index is 2.23. The number of aromatic nitrogens is 1. The van der Waals surface area contributed by atoms with E-state index in [0.717, 1.165) is 10.3 Å². The molecule has 0 aromatic carbocycles. The van der Waals surface area contributed by atoms with Gasteiger partial charge in [0, 0.05) is 13.0 Å². The second-order valence-electron chi connectivity index (χ2n) is 3.14. The fourth-order valence-electron chi connectivity index (χ4n) is 1.44. The molecule has 1 aliphatic heterocycles. The Morgan fingerprint density at radius 1 is 1.57 bits per heavy atom. The summed E-state index contributed by atoms with van der Waals surface area (Å²) in [6.07, 6.45) is 2.08. The van der Waals surface area contributed by atoms with Crippen LogP contribution in [0.5, 0.6) is 0 Å². The molecule has 0 saturated carbocycles. The van der Waals surface area contributed by atoms with Crippen molar-refractivity contribution in [3.8, 4) is 0 Å². The maximum absolute atomic E-state index is 11.5. The van der Waals surface area contributed by atoms with Gasteiger partial charge in [-0.3, -0.25) is 4.79 Å². The molecule has 1 unspecified atom stereocenters. The van der Waals surface area contributed by atoms with Gasteiger partial charge in [-0.25, -0.2) is 4.98 Å². The van der Waals surface area contributed by atoms with E-state index in [1.165, 1.54) is 0 Å². The smallest absolute Gasteiger partial charge is 0.228 e. The molecule has 0 N–H and O–H groups in total. The van der Waals surface area contributed by atoms with Crippen LogP contribution in [-0.4, -0.2) is 22.8 Å². The number of rotatable bonds is 1. The van der Waals surface area contributed by atoms with E-state index in [0.29, 0.717) is 13.0 Å². The van der Waals surface area contributed by atoms with Crippen LogP contribution in [0.25, 0.3) is 0 Å². The van der Waals surface area contributed by atoms with Crippen LogP contribution in [0.4, 0.5) is 5.69 Å². The maximum Gasteiger partial charge on any atom is 0.228 e. The summed E-state index contributed by atoms with van der Waals surface area (Å²) in [5.41, 5.74) is 0.807. The predicted molar refractivity (Wildman–Crippen MR) is 58.5 cm³/mol. The number of nitrogens with zero attached hydrogens (tertiary/aromatic N) is 2. The Morgan fingerprint density at radius 3 is 2.86 bits per heavy atom. The third-order valence-corrected chi connectivity index (χ3v) is 2.86. The van der Waals surface area contributed by atoms with E-state index < -0.39 is 0 Å². The van der Waals surface area contributed by atoms with Crippen LogP contribution in [0.1, 0.15) is 6.42 Å². The van der Waals surface area contributed by atoms with E-state index in [4.69, 9.17) is 11.6 Å². The van der Waals surface area contributed by atoms with Crippen molar-refractivity contribution in [1.29, 1.82) is 0 Å². The zero-order valence-electron chi connectivity index (χ0n) is 7.28. The summed E-state index contributed by atoms with van der Waals surface area (Å²) in [6.45, 7) is 0.573. The minimum Gasteiger partial charge on any atom is -0.309 e. The number of carbonyl (C=O) groups is 1. The lowest BCUT2D eigenvalue weighted by Crippen LogP contribution is -2.24. The summed E-state index contributed by atoms with van der Waals surface area (Å²) >= 11 is 9.13. The second kappa shape index (κ2) is 3.87. The van der Waals surface area contributed by atoms with E-state index in [1.807, 2.05) is 12.1 Å². The van der Waals surface area contributed by atoms with Crippen LogP contribution in [0, 0.1) is 0 Å². The van der Waals surface area contributed by atoms with Crippen molar-refractivity contribution in [3.63, 3.8) is 0 Å². The summed E-state index contributed by atoms with van der Waals surface area (Å²) in [6, 6.07) is 3.66. The van der Waals surface area contributed by atoms with Gasteiger partial charge in [0.2, 0.25) is 5.91 Å². The summed E-state index contributed by atoms with van der Waals surface area (Å²) in [5.74, 6) is 0.0640. The summed E-state index contributed by atoms with van der Waals surface area (Å²) in [4.78, 5) is 17.2. The topological polar surface area (TPSA) is 33.2 Å². The van der Waals surface area contributed by atoms with Crippen LogP contribution >= 0.6 is 27.5 Å². The number of amides is 1. The third-order valence-electron chi connectivity index (χ3n) is 2.10. The molecule has 3 nitrogen and oxygen atoms in total. The zero-order chi connectivity index (χ0) is 10.1. The molecule has 0 bridgehead atoms. The number of anilines is 1. The van der Waals surface area contributed by atoms with E-state index in [-0.39, 0.29) is 11.3 Å². The van der Waals surface area contributed by atoms with Crippen molar-refractivity contribution in [2.24, 2.45) is 0 Å². The summed E-state index contributed by atoms with van der Waals surface area (Å²) in [5, 5.41) is -0.0776. The lowest BCUT2D eigenvalue weighted by atomic mass is 10.4. The Bertz CT molecular complexity index is 354. The Labute approximate surface area is 95.2 Å². The van der Waals surface area contributed by atoms with Gasteiger partial charge in [0.05, 0.1) is 17.3 Å². The number of halogens is 2. The van der Waals surface area contributed by atoms with Gasteiger partial charge in [0.1, 0.15) is 4.60 Å². The zero-order valence-corrected chi connectivity index (χ0v) is 9.62. The molecular weight excluding hydrogens is 267 g/mol. The third kappa shape index (κ3) is 1.91. The van der Waals surface area contributed by atoms with E-state index >= 15 is 0 Å². The van der Waals surface area contributed by atoms with Crippen molar-refractivity contribution in [1.82, 2.24) is 4.98 Å². The molecule has 1 aliphatic rings. The number of carbonyl (C=O) groups excluding carboxylic acids is 1. The van der Waals surface area contributed by atoms with Crippen LogP contribution < -0.4 is 4.90 Å². The predicted octanol–water partition coefficient (Wildman–Crippen LogP) is 2.19. The highest BCUT2D eigenvalue weighted by Crippen LogP contribution is 2.24. The molecular formula is C9H8BrClN2O. The first-order valence-corrected chi connectivity index (χ1v) is 5.46. The van der Waals surface area contributed by atoms with Crippen molar-refractivity contribution >= 4 is 39.1 Å². The number of alkyl halides is 1. The minimum atomic E-state index is -0.0776. The Kier molecular flexibility index (Phi) is 2.74. The Hall–Kier alpha value is -0.610. The fourth-order valence-corrected chi connectivity index (χ4v) is 1.95. The summed E-state index contributed by atoms with van der Waals surface area (Å²) < 4.78 is 0.760. The standard InChI is InChI=1S/C9H8BrClN2O/c10-8-2-1-7(4-12-8)13-5-6(11)3-9(13)14/h1-2,4,6H,3,5H2. The van der Waals surface area contributed by atoms with Gasteiger partial charge in [-0.05, 0) is 28.1 Å². The molecule has 0 spiro atoms. The molecule has 74 valence electrons. The molecule has 1 aromatic heterocycles. The molecule has 1 aromatic rings. The second-order valence-corrected chi connectivity index (χ2v) is 4.57. The van der Waals surface area contributed by atoms with E-state index in [1.54, 1.807) is 11.1 Å². The lowest BCUT2D eigenvalue weighted by molar-refractivity contribution is -0.117. The van der Waals surface area contributed by atoms with Crippen LogP contribution in [0.15, 0.2) is 22.9 Å². The van der Waals surface area contributed by atoms with Gasteiger partial charge in [-0.2, -0.15) is 0 Å². The van der Waals surface area contributed by atoms with Crippen molar-refractivity contribution in [2.75, 3.05) is 11.4 Å². The average molecular weight is 276 g/mol. The average Bonchev–Trinajstić information content (AvgIpc) is 2.47. The van der Waals surface area contributed by atoms with Crippen LogP contribution in [-0.2, 0) is 4.79 Å². The van der Waals surface area contributed by atoms with Crippen molar-refractivity contribution in [2.45, 2.75) is 11.8 Å². The van der Waals surface area contributed by atoms with Crippen LogP contribution in [0.3, 0.4) is 0 Å². The molecule has 2 rings (SSSR count). The first-order chi connectivity index (χ1) is 6.66. The molecule has 1 atom stereocenters. The van der Waals surface area contributed by atoms with Gasteiger partial charge < -0.3 is 4.90 Å².